The number of ether oxygens (including phenoxy) is 1. The summed E-state index contributed by atoms with van der Waals surface area (Å²) in [5, 5.41) is 0. The van der Waals surface area contributed by atoms with Crippen molar-refractivity contribution in [1.29, 1.82) is 0 Å². The minimum Gasteiger partial charge on any atom is -0.493 e. The molecule has 1 aliphatic rings. The van der Waals surface area contributed by atoms with Crippen LogP contribution in [0.25, 0.3) is 0 Å². The Morgan fingerprint density at radius 3 is 2.35 bits per heavy atom. The molecule has 1 aromatic rings. The average molecular weight is 232 g/mol. The standard InChI is InChI=1S/C16H24O/c1-11-8-14(16(3,4)5)9-15(12(11)2)17-10-13-6-7-13/h8-9,13H,6-7,10H2,1-5H3. The second kappa shape index (κ2) is 4.36. The van der Waals surface area contributed by atoms with Gasteiger partial charge >= 0.3 is 0 Å². The van der Waals surface area contributed by atoms with Crippen molar-refractivity contribution in [3.8, 4) is 5.75 Å². The Morgan fingerprint density at radius 2 is 1.82 bits per heavy atom. The van der Waals surface area contributed by atoms with Crippen molar-refractivity contribution in [2.75, 3.05) is 6.61 Å². The fraction of sp³-hybridized carbons (Fsp3) is 0.625. The second-order valence-electron chi connectivity index (χ2n) is 6.42. The van der Waals surface area contributed by atoms with E-state index in [-0.39, 0.29) is 5.41 Å². The Balaban J connectivity index is 2.25. The van der Waals surface area contributed by atoms with Crippen LogP contribution >= 0.6 is 0 Å². The predicted molar refractivity (Wildman–Crippen MR) is 72.8 cm³/mol. The van der Waals surface area contributed by atoms with E-state index in [4.69, 9.17) is 4.74 Å². The SMILES string of the molecule is Cc1cc(C(C)(C)C)cc(OCC2CC2)c1C. The molecule has 17 heavy (non-hydrogen) atoms. The summed E-state index contributed by atoms with van der Waals surface area (Å²) < 4.78 is 5.98. The molecule has 0 radical (unpaired) electrons. The van der Waals surface area contributed by atoms with Gasteiger partial charge < -0.3 is 4.74 Å². The smallest absolute Gasteiger partial charge is 0.122 e. The van der Waals surface area contributed by atoms with E-state index in [0.29, 0.717) is 0 Å². The summed E-state index contributed by atoms with van der Waals surface area (Å²) in [5.41, 5.74) is 4.18. The molecule has 1 nitrogen and oxygen atoms in total. The first kappa shape index (κ1) is 12.5. The highest BCUT2D eigenvalue weighted by Gasteiger charge is 2.23. The highest BCUT2D eigenvalue weighted by molar-refractivity contribution is 5.44. The third-order valence-electron chi connectivity index (χ3n) is 3.66. The van der Waals surface area contributed by atoms with Gasteiger partial charge in [0.25, 0.3) is 0 Å². The molecule has 0 atom stereocenters. The van der Waals surface area contributed by atoms with Crippen molar-refractivity contribution < 1.29 is 4.74 Å². The average Bonchev–Trinajstić information content (AvgIpc) is 3.02. The van der Waals surface area contributed by atoms with E-state index in [9.17, 15) is 0 Å². The Labute approximate surface area is 105 Å². The van der Waals surface area contributed by atoms with E-state index in [1.165, 1.54) is 29.5 Å². The molecule has 0 aliphatic heterocycles. The Bertz CT molecular complexity index is 408. The van der Waals surface area contributed by atoms with Crippen molar-refractivity contribution in [3.63, 3.8) is 0 Å². The van der Waals surface area contributed by atoms with Crippen molar-refractivity contribution in [2.24, 2.45) is 5.92 Å². The molecule has 0 heterocycles. The molecule has 1 fully saturated rings. The van der Waals surface area contributed by atoms with Crippen LogP contribution < -0.4 is 4.74 Å². The third kappa shape index (κ3) is 3.02. The zero-order valence-corrected chi connectivity index (χ0v) is 11.8. The summed E-state index contributed by atoms with van der Waals surface area (Å²) in [6, 6.07) is 4.52. The fourth-order valence-corrected chi connectivity index (χ4v) is 1.90. The first-order chi connectivity index (χ1) is 7.88. The van der Waals surface area contributed by atoms with Gasteiger partial charge in [-0.25, -0.2) is 0 Å². The summed E-state index contributed by atoms with van der Waals surface area (Å²) in [5.74, 6) is 1.90. The molecular formula is C16H24O. The number of hydrogen-bond acceptors (Lipinski definition) is 1. The van der Waals surface area contributed by atoms with Gasteiger partial charge in [-0.05, 0) is 60.8 Å². The normalized spacial score (nSPS) is 16.1. The lowest BCUT2D eigenvalue weighted by Gasteiger charge is -2.22. The summed E-state index contributed by atoms with van der Waals surface area (Å²) >= 11 is 0. The van der Waals surface area contributed by atoms with Gasteiger partial charge in [0.15, 0.2) is 0 Å². The number of rotatable bonds is 3. The minimum atomic E-state index is 0.191. The predicted octanol–water partition coefficient (Wildman–Crippen LogP) is 4.39. The van der Waals surface area contributed by atoms with Gasteiger partial charge in [-0.15, -0.1) is 0 Å². The molecule has 94 valence electrons. The summed E-state index contributed by atoms with van der Waals surface area (Å²) in [6.45, 7) is 12.0. The van der Waals surface area contributed by atoms with Crippen LogP contribution in [0, 0.1) is 19.8 Å². The molecule has 1 aromatic carbocycles. The van der Waals surface area contributed by atoms with Gasteiger partial charge in [-0.2, -0.15) is 0 Å². The lowest BCUT2D eigenvalue weighted by Crippen LogP contribution is -2.12. The fourth-order valence-electron chi connectivity index (χ4n) is 1.90. The first-order valence-electron chi connectivity index (χ1n) is 6.62. The van der Waals surface area contributed by atoms with Crippen LogP contribution in [0.1, 0.15) is 50.3 Å². The van der Waals surface area contributed by atoms with Crippen LogP contribution in [-0.2, 0) is 5.41 Å². The summed E-state index contributed by atoms with van der Waals surface area (Å²) in [6.07, 6.45) is 2.69. The zero-order chi connectivity index (χ0) is 12.6. The number of hydrogen-bond donors (Lipinski definition) is 0. The van der Waals surface area contributed by atoms with E-state index >= 15 is 0 Å². The van der Waals surface area contributed by atoms with Crippen molar-refractivity contribution in [3.05, 3.63) is 28.8 Å². The maximum absolute atomic E-state index is 5.98. The molecule has 1 aliphatic carbocycles. The van der Waals surface area contributed by atoms with E-state index in [0.717, 1.165) is 18.3 Å². The van der Waals surface area contributed by atoms with Gasteiger partial charge in [-0.3, -0.25) is 0 Å². The van der Waals surface area contributed by atoms with Crippen LogP contribution in [-0.4, -0.2) is 6.61 Å². The summed E-state index contributed by atoms with van der Waals surface area (Å²) in [4.78, 5) is 0. The van der Waals surface area contributed by atoms with Crippen LogP contribution in [0.5, 0.6) is 5.75 Å². The minimum absolute atomic E-state index is 0.191. The quantitative estimate of drug-likeness (QED) is 0.751. The molecule has 1 saturated carbocycles. The largest absolute Gasteiger partial charge is 0.493 e. The monoisotopic (exact) mass is 232 g/mol. The molecule has 0 bridgehead atoms. The molecule has 0 spiro atoms. The summed E-state index contributed by atoms with van der Waals surface area (Å²) in [7, 11) is 0. The molecule has 1 heteroatoms. The Kier molecular flexibility index (Phi) is 3.20. The molecule has 0 amide bonds. The first-order valence-corrected chi connectivity index (χ1v) is 6.62. The third-order valence-corrected chi connectivity index (χ3v) is 3.66. The Morgan fingerprint density at radius 1 is 1.18 bits per heavy atom. The molecule has 0 saturated heterocycles. The van der Waals surface area contributed by atoms with Gasteiger partial charge in [0.1, 0.15) is 5.75 Å². The van der Waals surface area contributed by atoms with Crippen LogP contribution in [0.15, 0.2) is 12.1 Å². The zero-order valence-electron chi connectivity index (χ0n) is 11.8. The van der Waals surface area contributed by atoms with Gasteiger partial charge in [-0.1, -0.05) is 26.8 Å². The van der Waals surface area contributed by atoms with E-state index < -0.39 is 0 Å². The highest BCUT2D eigenvalue weighted by atomic mass is 16.5. The van der Waals surface area contributed by atoms with Crippen LogP contribution in [0.3, 0.4) is 0 Å². The maximum Gasteiger partial charge on any atom is 0.122 e. The topological polar surface area (TPSA) is 9.23 Å². The Hall–Kier alpha value is -0.980. The number of aryl methyl sites for hydroxylation is 1. The van der Waals surface area contributed by atoms with Crippen LogP contribution in [0.4, 0.5) is 0 Å². The lowest BCUT2D eigenvalue weighted by atomic mass is 9.85. The molecule has 2 rings (SSSR count). The lowest BCUT2D eigenvalue weighted by molar-refractivity contribution is 0.297. The molecule has 0 N–H and O–H groups in total. The van der Waals surface area contributed by atoms with Crippen molar-refractivity contribution >= 4 is 0 Å². The van der Waals surface area contributed by atoms with Gasteiger partial charge in [0.05, 0.1) is 6.61 Å². The van der Waals surface area contributed by atoms with Gasteiger partial charge in [0, 0.05) is 0 Å². The molecule has 0 unspecified atom stereocenters. The molecule has 0 aromatic heterocycles. The van der Waals surface area contributed by atoms with Crippen molar-refractivity contribution in [1.82, 2.24) is 0 Å². The van der Waals surface area contributed by atoms with E-state index in [1.807, 2.05) is 0 Å². The van der Waals surface area contributed by atoms with Crippen LogP contribution in [0.2, 0.25) is 0 Å². The second-order valence-corrected chi connectivity index (χ2v) is 6.42. The highest BCUT2D eigenvalue weighted by Crippen LogP contribution is 2.33. The molecular weight excluding hydrogens is 208 g/mol. The van der Waals surface area contributed by atoms with E-state index in [2.05, 4.69) is 46.8 Å². The number of benzene rings is 1. The van der Waals surface area contributed by atoms with Gasteiger partial charge in [0.2, 0.25) is 0 Å². The maximum atomic E-state index is 5.98. The van der Waals surface area contributed by atoms with Crippen molar-refractivity contribution in [2.45, 2.75) is 52.9 Å². The van der Waals surface area contributed by atoms with E-state index in [1.54, 1.807) is 0 Å².